The van der Waals surface area contributed by atoms with Gasteiger partial charge < -0.3 is 9.80 Å². The molecule has 0 saturated carbocycles. The molecule has 2 aromatic carbocycles. The quantitative estimate of drug-likeness (QED) is 0.0868. The maximum atomic E-state index is 7.92. The van der Waals surface area contributed by atoms with Gasteiger partial charge >= 0.3 is 0 Å². The highest BCUT2D eigenvalue weighted by Gasteiger charge is 2.39. The van der Waals surface area contributed by atoms with Crippen LogP contribution in [0.1, 0.15) is 236 Å². The molecule has 3 rings (SSSR count). The first-order valence-corrected chi connectivity index (χ1v) is 27.0. The fraction of sp³-hybridized carbons (Fsp3) is 0.763. The van der Waals surface area contributed by atoms with Gasteiger partial charge in [0, 0.05) is 0 Å². The van der Waals surface area contributed by atoms with Crippen molar-refractivity contribution in [3.05, 3.63) is 69.0 Å². The molecule has 0 bridgehead atoms. The van der Waals surface area contributed by atoms with Gasteiger partial charge in [-0.05, 0) is 168 Å². The van der Waals surface area contributed by atoms with Gasteiger partial charge in [-0.2, -0.15) is 0 Å². The zero-order valence-electron chi connectivity index (χ0n) is 44.7. The molecule has 0 aromatic heterocycles. The Hall–Kier alpha value is -1.64. The molecule has 2 aromatic rings. The van der Waals surface area contributed by atoms with E-state index in [0.29, 0.717) is 112 Å². The van der Waals surface area contributed by atoms with Gasteiger partial charge in [-0.15, -0.1) is 0 Å². The predicted octanol–water partition coefficient (Wildman–Crippen LogP) is 19.8. The van der Waals surface area contributed by atoms with Crippen LogP contribution in [0.4, 0.5) is 11.4 Å². The second kappa shape index (κ2) is 25.5. The van der Waals surface area contributed by atoms with Crippen molar-refractivity contribution < 1.29 is 0 Å². The van der Waals surface area contributed by atoms with Gasteiger partial charge in [0.2, 0.25) is 0 Å². The lowest BCUT2D eigenvalue weighted by atomic mass is 9.70. The van der Waals surface area contributed by atoms with E-state index >= 15 is 0 Å². The molecule has 1 aliphatic rings. The van der Waals surface area contributed by atoms with Crippen LogP contribution < -0.4 is 9.80 Å². The maximum absolute atomic E-state index is 7.92. The summed E-state index contributed by atoms with van der Waals surface area (Å²) in [7, 11) is 0. The summed E-state index contributed by atoms with van der Waals surface area (Å²) < 4.78 is 0. The van der Waals surface area contributed by atoms with Crippen molar-refractivity contribution in [3.8, 4) is 0 Å². The van der Waals surface area contributed by atoms with Crippen LogP contribution in [0.15, 0.2) is 46.7 Å². The van der Waals surface area contributed by atoms with Crippen molar-refractivity contribution >= 4 is 34.6 Å². The zero-order chi connectivity index (χ0) is 47.6. The molecule has 0 saturated heterocycles. The van der Waals surface area contributed by atoms with Gasteiger partial charge in [-0.25, -0.2) is 0 Å². The molecule has 4 heteroatoms. The molecule has 0 fully saturated rings. The largest absolute Gasteiger partial charge is 0.310 e. The lowest BCUT2D eigenvalue weighted by Crippen LogP contribution is -2.31. The summed E-state index contributed by atoms with van der Waals surface area (Å²) in [6.45, 7) is 49.0. The van der Waals surface area contributed by atoms with E-state index in [-0.39, 0.29) is 0 Å². The first-order chi connectivity index (χ1) is 29.3. The van der Waals surface area contributed by atoms with Crippen LogP contribution in [0.5, 0.6) is 0 Å². The number of anilines is 2. The average molecular weight is 908 g/mol. The van der Waals surface area contributed by atoms with E-state index in [0.717, 1.165) is 38.5 Å². The summed E-state index contributed by atoms with van der Waals surface area (Å²) >= 11 is 15.8. The summed E-state index contributed by atoms with van der Waals surface area (Å²) in [5, 5.41) is 1.36. The Kier molecular flexibility index (Phi) is 22.5. The van der Waals surface area contributed by atoms with Gasteiger partial charge in [0.1, 0.15) is 17.0 Å². The second-order valence-electron chi connectivity index (χ2n) is 24.5. The Morgan fingerprint density at radius 2 is 0.556 bits per heavy atom. The minimum atomic E-state index is 0.395. The second-order valence-corrected chi connectivity index (χ2v) is 25.2. The van der Waals surface area contributed by atoms with Crippen molar-refractivity contribution in [2.75, 3.05) is 16.5 Å². The number of benzene rings is 2. The summed E-state index contributed by atoms with van der Waals surface area (Å²) in [4.78, 5) is 4.97. The third kappa shape index (κ3) is 15.7. The minimum absolute atomic E-state index is 0.395. The van der Waals surface area contributed by atoms with Crippen LogP contribution in [0.2, 0.25) is 0 Å². The number of nitrogens with zero attached hydrogens (tertiary/aromatic N) is 2. The van der Waals surface area contributed by atoms with Crippen molar-refractivity contribution in [3.63, 3.8) is 0 Å². The minimum Gasteiger partial charge on any atom is -0.310 e. The molecule has 0 atom stereocenters. The normalized spacial score (nSPS) is 14.6. The molecule has 0 unspecified atom stereocenters. The Balaban J connectivity index is 2.53. The molecular weight excluding hydrogens is 808 g/mol. The van der Waals surface area contributed by atoms with Crippen LogP contribution in [0.3, 0.4) is 0 Å². The monoisotopic (exact) mass is 907 g/mol. The third-order valence-electron chi connectivity index (χ3n) is 14.5. The van der Waals surface area contributed by atoms with E-state index < -0.39 is 0 Å². The molecule has 1 heterocycles. The van der Waals surface area contributed by atoms with Gasteiger partial charge in [-0.1, -0.05) is 198 Å². The smallest absolute Gasteiger partial charge is 0.146 e. The van der Waals surface area contributed by atoms with Crippen LogP contribution in [-0.2, 0) is 0 Å². The molecule has 0 amide bonds. The summed E-state index contributed by atoms with van der Waals surface area (Å²) in [5.41, 5.74) is 8.53. The predicted molar refractivity (Wildman–Crippen MR) is 285 cm³/mol. The van der Waals surface area contributed by atoms with Crippen molar-refractivity contribution in [2.45, 2.75) is 214 Å². The number of hydrogen-bond acceptors (Lipinski definition) is 2. The Bertz CT molecular complexity index is 1570. The molecule has 0 N–H and O–H groups in total. The van der Waals surface area contributed by atoms with Crippen LogP contribution in [0, 0.1) is 71.0 Å². The molecule has 0 aliphatic carbocycles. The highest BCUT2D eigenvalue weighted by molar-refractivity contribution is 6.42. The molecule has 0 radical (unpaired) electrons. The standard InChI is InChI=1S/C59H100Cl2N2/c1-36(2)27-46(28-37(3)4)50-23-21-24-51(47(29-38(5)6)30-39(7)8)56(50)62-35-63(59(61)58(62)60)57-52(48(31-40(9)10)32-41(11)12)25-22-26-53(57)49(33-54(42(13)14)43(15)16)34-55(44(17)18)45(19)20/h21-26,36-49,54-55H,27-35H2,1-20H3. The van der Waals surface area contributed by atoms with Gasteiger partial charge in [0.05, 0.1) is 11.4 Å². The number of hydrogen-bond donors (Lipinski definition) is 0. The summed E-state index contributed by atoms with van der Waals surface area (Å²) in [6, 6.07) is 14.6. The van der Waals surface area contributed by atoms with Crippen LogP contribution >= 0.6 is 23.2 Å². The lowest BCUT2D eigenvalue weighted by molar-refractivity contribution is 0.204. The highest BCUT2D eigenvalue weighted by Crippen LogP contribution is 2.52. The highest BCUT2D eigenvalue weighted by atomic mass is 35.5. The van der Waals surface area contributed by atoms with E-state index in [2.05, 4.69) is 185 Å². The lowest BCUT2D eigenvalue weighted by Gasteiger charge is -2.38. The molecular formula is C59H100Cl2N2. The van der Waals surface area contributed by atoms with Crippen LogP contribution in [0.25, 0.3) is 0 Å². The van der Waals surface area contributed by atoms with E-state index in [1.807, 2.05) is 0 Å². The van der Waals surface area contributed by atoms with E-state index in [1.165, 1.54) is 46.5 Å². The molecule has 63 heavy (non-hydrogen) atoms. The Morgan fingerprint density at radius 3 is 0.746 bits per heavy atom. The topological polar surface area (TPSA) is 6.48 Å². The number of halogens is 2. The van der Waals surface area contributed by atoms with Gasteiger partial charge in [0.15, 0.2) is 0 Å². The van der Waals surface area contributed by atoms with E-state index in [4.69, 9.17) is 23.2 Å². The number of para-hydroxylation sites is 2. The molecule has 2 nitrogen and oxygen atoms in total. The van der Waals surface area contributed by atoms with Crippen molar-refractivity contribution in [1.29, 1.82) is 0 Å². The summed E-state index contributed by atoms with van der Waals surface area (Å²) in [5.74, 6) is 8.83. The average Bonchev–Trinajstić information content (AvgIpc) is 3.44. The van der Waals surface area contributed by atoms with Crippen LogP contribution in [-0.4, -0.2) is 6.67 Å². The molecule has 360 valence electrons. The Morgan fingerprint density at radius 1 is 0.349 bits per heavy atom. The fourth-order valence-corrected chi connectivity index (χ4v) is 12.5. The molecule has 0 spiro atoms. The summed E-state index contributed by atoms with van der Waals surface area (Å²) in [6.07, 6.45) is 9.27. The number of rotatable bonds is 26. The Labute approximate surface area is 402 Å². The van der Waals surface area contributed by atoms with E-state index in [1.54, 1.807) is 0 Å². The third-order valence-corrected chi connectivity index (χ3v) is 15.4. The first kappa shape index (κ1) is 55.7. The van der Waals surface area contributed by atoms with Gasteiger partial charge in [-0.3, -0.25) is 0 Å². The zero-order valence-corrected chi connectivity index (χ0v) is 46.2. The molecule has 1 aliphatic heterocycles. The SMILES string of the molecule is CC(C)CC(CC(C)C)c1cccc(C(CC(C)C)CC(C)C)c1N1CN(c2c(C(CC(C)C)CC(C)C)cccc2C(CC(C(C)C)C(C)C)CC(C(C)C)C(C)C)C(Cl)=C1Cl. The first-order valence-electron chi connectivity index (χ1n) is 26.2. The van der Waals surface area contributed by atoms with Gasteiger partial charge in [0.25, 0.3) is 0 Å². The van der Waals surface area contributed by atoms with Crippen molar-refractivity contribution in [1.82, 2.24) is 0 Å². The van der Waals surface area contributed by atoms with Crippen molar-refractivity contribution in [2.24, 2.45) is 71.0 Å². The fourth-order valence-electron chi connectivity index (χ4n) is 12.0. The van der Waals surface area contributed by atoms with E-state index in [9.17, 15) is 0 Å². The maximum Gasteiger partial charge on any atom is 0.146 e.